The average molecular weight is 418 g/mol. The van der Waals surface area contributed by atoms with Gasteiger partial charge >= 0.3 is 0 Å². The molecule has 4 aromatic heterocycles. The maximum atomic E-state index is 13.2. The van der Waals surface area contributed by atoms with Gasteiger partial charge in [-0.25, -0.2) is 14.6 Å². The third-order valence-corrected chi connectivity index (χ3v) is 6.18. The summed E-state index contributed by atoms with van der Waals surface area (Å²) in [5.41, 5.74) is 2.66. The molecule has 0 aliphatic rings. The van der Waals surface area contributed by atoms with Crippen LogP contribution in [0.3, 0.4) is 0 Å². The maximum absolute atomic E-state index is 13.2. The molecule has 1 aromatic carbocycles. The van der Waals surface area contributed by atoms with Gasteiger partial charge in [0.15, 0.2) is 11.4 Å². The number of carbonyl (C=O) groups is 1. The minimum absolute atomic E-state index is 0.00662. The summed E-state index contributed by atoms with van der Waals surface area (Å²) in [6.07, 6.45) is 7.12. The maximum Gasteiger partial charge on any atom is 0.291 e. The second-order valence-corrected chi connectivity index (χ2v) is 8.26. The normalized spacial score (nSPS) is 11.5. The molecule has 30 heavy (non-hydrogen) atoms. The highest BCUT2D eigenvalue weighted by molar-refractivity contribution is 7.19. The number of Topliss-reactive ketones (excluding diaryl/α,β-unsaturated/α-hetero) is 1. The summed E-state index contributed by atoms with van der Waals surface area (Å²) in [6, 6.07) is 7.27. The van der Waals surface area contributed by atoms with Crippen molar-refractivity contribution in [2.24, 2.45) is 7.05 Å². The zero-order valence-electron chi connectivity index (χ0n) is 16.4. The van der Waals surface area contributed by atoms with E-state index in [-0.39, 0.29) is 11.3 Å². The monoisotopic (exact) mass is 418 g/mol. The van der Waals surface area contributed by atoms with Crippen molar-refractivity contribution in [3.8, 4) is 0 Å². The quantitative estimate of drug-likeness (QED) is 0.410. The lowest BCUT2D eigenvalue weighted by molar-refractivity contribution is 0.101. The number of imidazole rings is 1. The first-order chi connectivity index (χ1) is 14.5. The number of benzene rings is 1. The van der Waals surface area contributed by atoms with Crippen molar-refractivity contribution >= 4 is 38.4 Å². The van der Waals surface area contributed by atoms with Gasteiger partial charge in [0.1, 0.15) is 10.5 Å². The Labute approximate surface area is 175 Å². The molecule has 0 atom stereocenters. The van der Waals surface area contributed by atoms with Gasteiger partial charge in [0.2, 0.25) is 0 Å². The first-order valence-corrected chi connectivity index (χ1v) is 10.2. The minimum atomic E-state index is -0.176. The largest absolute Gasteiger partial charge is 0.331 e. The lowest BCUT2D eigenvalue weighted by atomic mass is 10.1. The molecule has 150 valence electrons. The number of hydrogen-bond donors (Lipinski definition) is 0. The van der Waals surface area contributed by atoms with Crippen molar-refractivity contribution in [2.75, 3.05) is 0 Å². The van der Waals surface area contributed by atoms with Crippen LogP contribution in [0.25, 0.3) is 21.3 Å². The van der Waals surface area contributed by atoms with E-state index in [1.165, 1.54) is 11.6 Å². The zero-order valence-corrected chi connectivity index (χ0v) is 17.3. The van der Waals surface area contributed by atoms with E-state index >= 15 is 0 Å². The summed E-state index contributed by atoms with van der Waals surface area (Å²) in [6.45, 7) is 2.46. The number of hydrogen-bond acceptors (Lipinski definition) is 6. The van der Waals surface area contributed by atoms with E-state index in [9.17, 15) is 9.59 Å². The number of aromatic nitrogens is 6. The number of rotatable bonds is 5. The number of aryl methyl sites for hydroxylation is 1. The molecule has 0 N–H and O–H groups in total. The molecule has 4 heterocycles. The Bertz CT molecular complexity index is 1460. The van der Waals surface area contributed by atoms with Crippen LogP contribution in [0.5, 0.6) is 0 Å². The Morgan fingerprint density at radius 1 is 1.23 bits per heavy atom. The lowest BCUT2D eigenvalue weighted by Crippen LogP contribution is -2.24. The molecule has 0 radical (unpaired) electrons. The van der Waals surface area contributed by atoms with Gasteiger partial charge in [-0.1, -0.05) is 18.2 Å². The molecule has 0 amide bonds. The first-order valence-electron chi connectivity index (χ1n) is 9.41. The molecule has 5 aromatic rings. The van der Waals surface area contributed by atoms with Gasteiger partial charge in [0.25, 0.3) is 5.56 Å². The number of nitrogens with zero attached hydrogens (tertiary/aromatic N) is 6. The summed E-state index contributed by atoms with van der Waals surface area (Å²) in [7, 11) is 1.85. The molecule has 0 spiro atoms. The van der Waals surface area contributed by atoms with E-state index in [4.69, 9.17) is 4.98 Å². The van der Waals surface area contributed by atoms with Crippen molar-refractivity contribution in [1.82, 2.24) is 28.9 Å². The van der Waals surface area contributed by atoms with Gasteiger partial charge in [-0.05, 0) is 18.6 Å². The number of carbonyl (C=O) groups excluding carboxylic acids is 1. The predicted octanol–water partition coefficient (Wildman–Crippen LogP) is 2.84. The van der Waals surface area contributed by atoms with E-state index in [1.807, 2.05) is 34.5 Å². The Morgan fingerprint density at radius 2 is 2.10 bits per heavy atom. The van der Waals surface area contributed by atoms with Crippen molar-refractivity contribution in [3.63, 3.8) is 0 Å². The molecular weight excluding hydrogens is 400 g/mol. The molecule has 0 fully saturated rings. The van der Waals surface area contributed by atoms with Crippen molar-refractivity contribution < 1.29 is 4.79 Å². The SMILES string of the molecule is CC(=O)c1cccc(Cn2ncc3c4sc(Cn5ccnc5)nc4n(C)c3c2=O)c1. The van der Waals surface area contributed by atoms with Gasteiger partial charge in [0, 0.05) is 30.4 Å². The van der Waals surface area contributed by atoms with E-state index in [0.29, 0.717) is 24.2 Å². The highest BCUT2D eigenvalue weighted by Crippen LogP contribution is 2.31. The van der Waals surface area contributed by atoms with Gasteiger partial charge in [0.05, 0.1) is 30.3 Å². The number of ketones is 1. The number of fused-ring (bicyclic) bond motifs is 3. The third-order valence-electron chi connectivity index (χ3n) is 5.11. The zero-order chi connectivity index (χ0) is 20.8. The van der Waals surface area contributed by atoms with Crippen LogP contribution in [0.1, 0.15) is 27.9 Å². The number of thiazole rings is 1. The standard InChI is InChI=1S/C21H18N6O2S/c1-13(28)15-5-3-4-14(8-15)10-27-21(29)18-16(9-23-27)19-20(25(18)2)24-17(30-19)11-26-7-6-22-12-26/h3-9,12H,10-11H2,1-2H3. The molecule has 9 heteroatoms. The van der Waals surface area contributed by atoms with E-state index in [2.05, 4.69) is 10.1 Å². The Kier molecular flexibility index (Phi) is 4.32. The van der Waals surface area contributed by atoms with Crippen LogP contribution in [0.4, 0.5) is 0 Å². The van der Waals surface area contributed by atoms with Crippen molar-refractivity contribution in [2.45, 2.75) is 20.0 Å². The minimum Gasteiger partial charge on any atom is -0.331 e. The highest BCUT2D eigenvalue weighted by atomic mass is 32.1. The van der Waals surface area contributed by atoms with Crippen molar-refractivity contribution in [1.29, 1.82) is 0 Å². The van der Waals surface area contributed by atoms with Crippen molar-refractivity contribution in [3.05, 3.63) is 75.7 Å². The van der Waals surface area contributed by atoms with Crippen LogP contribution in [0, 0.1) is 0 Å². The second-order valence-electron chi connectivity index (χ2n) is 7.18. The molecular formula is C21H18N6O2S. The molecule has 0 aliphatic carbocycles. The first kappa shape index (κ1) is 18.4. The molecule has 0 saturated heterocycles. The summed E-state index contributed by atoms with van der Waals surface area (Å²) < 4.78 is 6.18. The topological polar surface area (TPSA) is 87.6 Å². The highest BCUT2D eigenvalue weighted by Gasteiger charge is 2.18. The van der Waals surface area contributed by atoms with Gasteiger partial charge < -0.3 is 9.13 Å². The lowest BCUT2D eigenvalue weighted by Gasteiger charge is -2.07. The Balaban J connectivity index is 1.55. The molecule has 5 rings (SSSR count). The van der Waals surface area contributed by atoms with Crippen LogP contribution >= 0.6 is 11.3 Å². The molecule has 0 aliphatic heterocycles. The van der Waals surface area contributed by atoms with E-state index in [0.717, 1.165) is 26.3 Å². The third kappa shape index (κ3) is 3.03. The molecule has 8 nitrogen and oxygen atoms in total. The summed E-state index contributed by atoms with van der Waals surface area (Å²) >= 11 is 1.56. The molecule has 0 unspecified atom stereocenters. The molecule has 0 saturated carbocycles. The van der Waals surface area contributed by atoms with E-state index in [1.54, 1.807) is 42.2 Å². The van der Waals surface area contributed by atoms with Crippen LogP contribution in [0.2, 0.25) is 0 Å². The van der Waals surface area contributed by atoms with Crippen LogP contribution in [0.15, 0.2) is 54.0 Å². The second kappa shape index (κ2) is 7.03. The van der Waals surface area contributed by atoms with E-state index < -0.39 is 0 Å². The van der Waals surface area contributed by atoms with Crippen LogP contribution in [-0.4, -0.2) is 34.7 Å². The summed E-state index contributed by atoms with van der Waals surface area (Å²) in [4.78, 5) is 33.6. The molecule has 0 bridgehead atoms. The fourth-order valence-electron chi connectivity index (χ4n) is 3.61. The fourth-order valence-corrected chi connectivity index (χ4v) is 4.73. The Hall–Kier alpha value is -3.59. The smallest absolute Gasteiger partial charge is 0.291 e. The van der Waals surface area contributed by atoms with Gasteiger partial charge in [-0.15, -0.1) is 11.3 Å². The predicted molar refractivity (Wildman–Crippen MR) is 115 cm³/mol. The van der Waals surface area contributed by atoms with Crippen LogP contribution < -0.4 is 5.56 Å². The van der Waals surface area contributed by atoms with Crippen LogP contribution in [-0.2, 0) is 20.1 Å². The summed E-state index contributed by atoms with van der Waals surface area (Å²) in [5.74, 6) is -0.00662. The summed E-state index contributed by atoms with van der Waals surface area (Å²) in [5, 5.41) is 6.15. The van der Waals surface area contributed by atoms with Gasteiger partial charge in [-0.3, -0.25) is 9.59 Å². The Morgan fingerprint density at radius 3 is 2.87 bits per heavy atom. The average Bonchev–Trinajstić information content (AvgIpc) is 3.44. The van der Waals surface area contributed by atoms with Gasteiger partial charge in [-0.2, -0.15) is 5.10 Å². The fraction of sp³-hybridized carbons (Fsp3) is 0.190.